The second kappa shape index (κ2) is 7.48. The Morgan fingerprint density at radius 1 is 1.23 bits per heavy atom. The summed E-state index contributed by atoms with van der Waals surface area (Å²) in [6.07, 6.45) is 1.07. The molecule has 1 aromatic heterocycles. The van der Waals surface area contributed by atoms with Gasteiger partial charge in [-0.15, -0.1) is 11.3 Å². The molecule has 0 fully saturated rings. The second-order valence-electron chi connectivity index (χ2n) is 5.42. The number of nitrogens with one attached hydrogen (secondary N) is 1. The third-order valence-electron chi connectivity index (χ3n) is 3.46. The van der Waals surface area contributed by atoms with Crippen LogP contribution in [0, 0.1) is 0 Å². The van der Waals surface area contributed by atoms with E-state index in [1.54, 1.807) is 0 Å². The Labute approximate surface area is 168 Å². The largest absolute Gasteiger partial charge is 0.298 e. The predicted octanol–water partition coefficient (Wildman–Crippen LogP) is 4.88. The van der Waals surface area contributed by atoms with Crippen molar-refractivity contribution in [1.29, 1.82) is 0 Å². The Morgan fingerprint density at radius 3 is 2.69 bits per heavy atom. The van der Waals surface area contributed by atoms with Gasteiger partial charge >= 0.3 is 0 Å². The van der Waals surface area contributed by atoms with Gasteiger partial charge in [-0.3, -0.25) is 10.1 Å². The van der Waals surface area contributed by atoms with Crippen molar-refractivity contribution in [3.8, 4) is 11.3 Å². The fourth-order valence-corrected chi connectivity index (χ4v) is 4.15. The number of nitrogens with zero attached hydrogens (tertiary/aromatic N) is 1. The van der Waals surface area contributed by atoms with Crippen LogP contribution in [0.5, 0.6) is 0 Å². The van der Waals surface area contributed by atoms with Gasteiger partial charge in [-0.25, -0.2) is 13.4 Å². The van der Waals surface area contributed by atoms with Gasteiger partial charge in [0.05, 0.1) is 21.2 Å². The molecule has 1 amide bonds. The fraction of sp³-hybridized carbons (Fsp3) is 0.0588. The van der Waals surface area contributed by atoms with Crippen LogP contribution in [-0.4, -0.2) is 25.6 Å². The molecule has 0 aliphatic carbocycles. The van der Waals surface area contributed by atoms with Crippen LogP contribution in [0.3, 0.4) is 0 Å². The summed E-state index contributed by atoms with van der Waals surface area (Å²) in [5.74, 6) is -0.518. The van der Waals surface area contributed by atoms with Crippen molar-refractivity contribution in [3.63, 3.8) is 0 Å². The Kier molecular flexibility index (Phi) is 5.47. The maximum absolute atomic E-state index is 12.5. The van der Waals surface area contributed by atoms with Crippen LogP contribution in [0.2, 0.25) is 5.02 Å². The topological polar surface area (TPSA) is 76.1 Å². The van der Waals surface area contributed by atoms with Crippen molar-refractivity contribution in [2.24, 2.45) is 0 Å². The Morgan fingerprint density at radius 2 is 2.00 bits per heavy atom. The predicted molar refractivity (Wildman–Crippen MR) is 108 cm³/mol. The Balaban J connectivity index is 1.85. The van der Waals surface area contributed by atoms with E-state index in [1.807, 2.05) is 29.6 Å². The minimum Gasteiger partial charge on any atom is -0.298 e. The molecule has 0 aliphatic heterocycles. The summed E-state index contributed by atoms with van der Waals surface area (Å²) in [7, 11) is -3.44. The van der Waals surface area contributed by atoms with Crippen LogP contribution in [0.15, 0.2) is 57.2 Å². The lowest BCUT2D eigenvalue weighted by Crippen LogP contribution is -2.13. The maximum Gasteiger partial charge on any atom is 0.259 e. The van der Waals surface area contributed by atoms with E-state index in [0.717, 1.165) is 22.0 Å². The number of carbonyl (C=O) groups excluding carboxylic acids is 1. The van der Waals surface area contributed by atoms with Gasteiger partial charge in [-0.2, -0.15) is 0 Å². The number of rotatable bonds is 4. The van der Waals surface area contributed by atoms with Crippen molar-refractivity contribution >= 4 is 59.7 Å². The first-order chi connectivity index (χ1) is 12.2. The van der Waals surface area contributed by atoms with E-state index < -0.39 is 15.7 Å². The van der Waals surface area contributed by atoms with Gasteiger partial charge < -0.3 is 0 Å². The zero-order chi connectivity index (χ0) is 18.9. The molecule has 0 saturated carbocycles. The van der Waals surface area contributed by atoms with Gasteiger partial charge in [-0.1, -0.05) is 39.7 Å². The zero-order valence-corrected chi connectivity index (χ0v) is 17.3. The fourth-order valence-electron chi connectivity index (χ4n) is 2.19. The zero-order valence-electron chi connectivity index (χ0n) is 13.4. The molecule has 0 spiro atoms. The number of hydrogen-bond donors (Lipinski definition) is 1. The highest BCUT2D eigenvalue weighted by Crippen LogP contribution is 2.28. The smallest absolute Gasteiger partial charge is 0.259 e. The molecule has 0 atom stereocenters. The van der Waals surface area contributed by atoms with Crippen LogP contribution < -0.4 is 5.32 Å². The molecule has 3 aromatic rings. The third-order valence-corrected chi connectivity index (χ3v) is 6.15. The van der Waals surface area contributed by atoms with Crippen LogP contribution in [0.4, 0.5) is 5.13 Å². The number of carbonyl (C=O) groups is 1. The standard InChI is InChI=1S/C17H12BrClN2O3S2/c1-26(23,24)12-5-6-14(19)13(8-12)16(22)21-17-20-15(9-25-17)10-3-2-4-11(18)7-10/h2-9H,1H3,(H,20,21,22). The molecule has 0 bridgehead atoms. The first-order valence-corrected chi connectivity index (χ1v) is 11.2. The summed E-state index contributed by atoms with van der Waals surface area (Å²) in [6, 6.07) is 11.7. The number of thiazole rings is 1. The summed E-state index contributed by atoms with van der Waals surface area (Å²) in [5, 5.41) is 5.04. The van der Waals surface area contributed by atoms with Crippen molar-refractivity contribution in [3.05, 3.63) is 62.9 Å². The first-order valence-electron chi connectivity index (χ1n) is 7.26. The summed E-state index contributed by atoms with van der Waals surface area (Å²) < 4.78 is 24.3. The van der Waals surface area contributed by atoms with Crippen molar-refractivity contribution in [2.45, 2.75) is 4.90 Å². The molecule has 0 radical (unpaired) electrons. The molecule has 3 rings (SSSR count). The number of amides is 1. The van der Waals surface area contributed by atoms with Crippen LogP contribution in [0.1, 0.15) is 10.4 Å². The van der Waals surface area contributed by atoms with Crippen molar-refractivity contribution in [2.75, 3.05) is 11.6 Å². The van der Waals surface area contributed by atoms with E-state index in [0.29, 0.717) is 5.13 Å². The highest BCUT2D eigenvalue weighted by Gasteiger charge is 2.17. The lowest BCUT2D eigenvalue weighted by molar-refractivity contribution is 0.102. The molecular formula is C17H12BrClN2O3S2. The van der Waals surface area contributed by atoms with Crippen molar-refractivity contribution < 1.29 is 13.2 Å². The van der Waals surface area contributed by atoms with E-state index in [4.69, 9.17) is 11.6 Å². The number of anilines is 1. The molecule has 1 heterocycles. The highest BCUT2D eigenvalue weighted by atomic mass is 79.9. The molecule has 0 unspecified atom stereocenters. The van der Waals surface area contributed by atoms with E-state index in [-0.39, 0.29) is 15.5 Å². The van der Waals surface area contributed by atoms with Gasteiger partial charge in [0.15, 0.2) is 15.0 Å². The Bertz CT molecular complexity index is 1100. The summed E-state index contributed by atoms with van der Waals surface area (Å²) in [6.45, 7) is 0. The minimum absolute atomic E-state index is 0.0287. The molecule has 0 saturated heterocycles. The third kappa shape index (κ3) is 4.32. The molecule has 2 aromatic carbocycles. The monoisotopic (exact) mass is 470 g/mol. The molecular weight excluding hydrogens is 460 g/mol. The molecule has 1 N–H and O–H groups in total. The number of benzene rings is 2. The number of hydrogen-bond acceptors (Lipinski definition) is 5. The highest BCUT2D eigenvalue weighted by molar-refractivity contribution is 9.10. The molecule has 26 heavy (non-hydrogen) atoms. The quantitative estimate of drug-likeness (QED) is 0.588. The summed E-state index contributed by atoms with van der Waals surface area (Å²) >= 11 is 10.7. The number of halogens is 2. The molecule has 5 nitrogen and oxygen atoms in total. The molecule has 9 heteroatoms. The lowest BCUT2D eigenvalue weighted by Gasteiger charge is -2.06. The van der Waals surface area contributed by atoms with Crippen molar-refractivity contribution in [1.82, 2.24) is 4.98 Å². The molecule has 134 valence electrons. The van der Waals surface area contributed by atoms with Gasteiger partial charge in [-0.05, 0) is 30.3 Å². The normalized spacial score (nSPS) is 11.3. The number of aromatic nitrogens is 1. The Hall–Kier alpha value is -1.74. The van der Waals surface area contributed by atoms with E-state index in [1.165, 1.54) is 29.5 Å². The molecule has 0 aliphatic rings. The SMILES string of the molecule is CS(=O)(=O)c1ccc(Cl)c(C(=O)Nc2nc(-c3cccc(Br)c3)cs2)c1. The average molecular weight is 472 g/mol. The van der Waals surface area contributed by atoms with Gasteiger partial charge in [0.1, 0.15) is 0 Å². The number of sulfone groups is 1. The van der Waals surface area contributed by atoms with Gasteiger partial charge in [0.25, 0.3) is 5.91 Å². The van der Waals surface area contributed by atoms with Crippen LogP contribution >= 0.6 is 38.9 Å². The van der Waals surface area contributed by atoms with E-state index in [2.05, 4.69) is 26.2 Å². The van der Waals surface area contributed by atoms with E-state index >= 15 is 0 Å². The minimum atomic E-state index is -3.44. The van der Waals surface area contributed by atoms with Gasteiger partial charge in [0, 0.05) is 21.7 Å². The second-order valence-corrected chi connectivity index (χ2v) is 9.61. The van der Waals surface area contributed by atoms with E-state index in [9.17, 15) is 13.2 Å². The van der Waals surface area contributed by atoms with Crippen LogP contribution in [-0.2, 0) is 9.84 Å². The first kappa shape index (κ1) is 19.0. The van der Waals surface area contributed by atoms with Crippen LogP contribution in [0.25, 0.3) is 11.3 Å². The lowest BCUT2D eigenvalue weighted by atomic mass is 10.2. The summed E-state index contributed by atoms with van der Waals surface area (Å²) in [5.41, 5.74) is 1.71. The summed E-state index contributed by atoms with van der Waals surface area (Å²) in [4.78, 5) is 16.9. The average Bonchev–Trinajstić information content (AvgIpc) is 3.02. The van der Waals surface area contributed by atoms with Gasteiger partial charge in [0.2, 0.25) is 0 Å². The maximum atomic E-state index is 12.5.